The van der Waals surface area contributed by atoms with Gasteiger partial charge in [0, 0.05) is 18.3 Å². The molecule has 0 amide bonds. The second-order valence-electron chi connectivity index (χ2n) is 5.91. The van der Waals surface area contributed by atoms with E-state index in [4.69, 9.17) is 4.99 Å². The molecule has 0 aromatic carbocycles. The lowest BCUT2D eigenvalue weighted by Crippen LogP contribution is -2.46. The zero-order valence-corrected chi connectivity index (χ0v) is 13.4. The molecule has 0 aromatic heterocycles. The number of nitrogens with zero attached hydrogens (tertiary/aromatic N) is 2. The van der Waals surface area contributed by atoms with Crippen molar-refractivity contribution < 1.29 is 0 Å². The predicted molar refractivity (Wildman–Crippen MR) is 83.5 cm³/mol. The van der Waals surface area contributed by atoms with Crippen molar-refractivity contribution in [3.63, 3.8) is 0 Å². The highest BCUT2D eigenvalue weighted by atomic mass is 32.2. The standard InChI is InChI=1S/C14H29N3S/c1-6-17(7-2)10-9-15-13-16-12(8-11-18-13)14(3,4)5/h12H,6-11H2,1-5H3,(H,15,16). The number of amidine groups is 1. The van der Waals surface area contributed by atoms with Gasteiger partial charge in [-0.2, -0.15) is 0 Å². The van der Waals surface area contributed by atoms with Crippen LogP contribution in [0.5, 0.6) is 0 Å². The maximum atomic E-state index is 4.71. The summed E-state index contributed by atoms with van der Waals surface area (Å²) in [6.45, 7) is 15.5. The van der Waals surface area contributed by atoms with Gasteiger partial charge in [-0.05, 0) is 24.9 Å². The molecule has 1 saturated heterocycles. The number of hydrogen-bond acceptors (Lipinski definition) is 3. The largest absolute Gasteiger partial charge is 0.362 e. The van der Waals surface area contributed by atoms with Crippen LogP contribution in [0.2, 0.25) is 0 Å². The van der Waals surface area contributed by atoms with Crippen LogP contribution in [-0.2, 0) is 0 Å². The molecule has 0 radical (unpaired) electrons. The van der Waals surface area contributed by atoms with Crippen molar-refractivity contribution in [3.8, 4) is 0 Å². The van der Waals surface area contributed by atoms with Crippen molar-refractivity contribution in [2.75, 3.05) is 31.9 Å². The number of hydrogen-bond donors (Lipinski definition) is 1. The maximum Gasteiger partial charge on any atom is 0.156 e. The molecule has 106 valence electrons. The first kappa shape index (κ1) is 15.8. The molecule has 1 N–H and O–H groups in total. The molecule has 18 heavy (non-hydrogen) atoms. The first-order chi connectivity index (χ1) is 8.47. The van der Waals surface area contributed by atoms with Gasteiger partial charge in [0.25, 0.3) is 0 Å². The average Bonchev–Trinajstić information content (AvgIpc) is 2.34. The maximum absolute atomic E-state index is 4.71. The Bertz CT molecular complexity index is 267. The van der Waals surface area contributed by atoms with Crippen LogP contribution < -0.4 is 5.32 Å². The molecular weight excluding hydrogens is 242 g/mol. The Labute approximate surface area is 117 Å². The van der Waals surface area contributed by atoms with Gasteiger partial charge in [-0.15, -0.1) is 0 Å². The highest BCUT2D eigenvalue weighted by molar-refractivity contribution is 8.13. The van der Waals surface area contributed by atoms with Gasteiger partial charge >= 0.3 is 0 Å². The number of aliphatic imine (C=N–C) groups is 1. The quantitative estimate of drug-likeness (QED) is 0.833. The molecule has 1 atom stereocenters. The molecule has 0 spiro atoms. The van der Waals surface area contributed by atoms with E-state index in [9.17, 15) is 0 Å². The SMILES string of the molecule is CCN(CC)CCN=C1NC(C(C)(C)C)CCS1. The molecule has 3 nitrogen and oxygen atoms in total. The minimum Gasteiger partial charge on any atom is -0.362 e. The minimum atomic E-state index is 0.320. The average molecular weight is 271 g/mol. The molecule has 0 saturated carbocycles. The molecule has 0 aromatic rings. The van der Waals surface area contributed by atoms with Gasteiger partial charge in [0.2, 0.25) is 0 Å². The van der Waals surface area contributed by atoms with E-state index >= 15 is 0 Å². The molecule has 1 aliphatic rings. The van der Waals surface area contributed by atoms with Crippen molar-refractivity contribution >= 4 is 16.9 Å². The van der Waals surface area contributed by atoms with Crippen LogP contribution in [0.3, 0.4) is 0 Å². The molecule has 1 unspecified atom stereocenters. The third-order valence-electron chi connectivity index (χ3n) is 3.55. The summed E-state index contributed by atoms with van der Waals surface area (Å²) in [6, 6.07) is 0.561. The van der Waals surface area contributed by atoms with E-state index in [2.05, 4.69) is 44.8 Å². The summed E-state index contributed by atoms with van der Waals surface area (Å²) in [4.78, 5) is 7.12. The molecule has 1 aliphatic heterocycles. The van der Waals surface area contributed by atoms with Crippen LogP contribution in [0.25, 0.3) is 0 Å². The number of thioether (sulfide) groups is 1. The van der Waals surface area contributed by atoms with Gasteiger partial charge < -0.3 is 10.2 Å². The Hall–Kier alpha value is -0.220. The van der Waals surface area contributed by atoms with Gasteiger partial charge in [-0.3, -0.25) is 4.99 Å². The summed E-state index contributed by atoms with van der Waals surface area (Å²) in [6.07, 6.45) is 1.24. The molecule has 4 heteroatoms. The van der Waals surface area contributed by atoms with Crippen LogP contribution in [0.1, 0.15) is 41.0 Å². The molecular formula is C14H29N3S. The first-order valence-electron chi connectivity index (χ1n) is 7.13. The van der Waals surface area contributed by atoms with Crippen LogP contribution in [0, 0.1) is 5.41 Å². The highest BCUT2D eigenvalue weighted by Gasteiger charge is 2.28. The van der Waals surface area contributed by atoms with Crippen molar-refractivity contribution in [1.29, 1.82) is 0 Å². The molecule has 0 aliphatic carbocycles. The normalized spacial score (nSPS) is 23.4. The zero-order valence-electron chi connectivity index (χ0n) is 12.6. The molecule has 0 bridgehead atoms. The van der Waals surface area contributed by atoms with Crippen molar-refractivity contribution in [3.05, 3.63) is 0 Å². The summed E-state index contributed by atoms with van der Waals surface area (Å²) >= 11 is 1.87. The monoisotopic (exact) mass is 271 g/mol. The summed E-state index contributed by atoms with van der Waals surface area (Å²) in [5.41, 5.74) is 0.320. The van der Waals surface area contributed by atoms with Gasteiger partial charge in [-0.25, -0.2) is 0 Å². The number of likely N-dealkylation sites (N-methyl/N-ethyl adjacent to an activating group) is 1. The molecule has 1 heterocycles. The summed E-state index contributed by atoms with van der Waals surface area (Å²) in [5, 5.41) is 4.74. The van der Waals surface area contributed by atoms with E-state index in [1.807, 2.05) is 11.8 Å². The van der Waals surface area contributed by atoms with Crippen LogP contribution in [-0.4, -0.2) is 48.0 Å². The predicted octanol–water partition coefficient (Wildman–Crippen LogP) is 2.83. The molecule has 1 rings (SSSR count). The van der Waals surface area contributed by atoms with Crippen molar-refractivity contribution in [1.82, 2.24) is 10.2 Å². The van der Waals surface area contributed by atoms with Gasteiger partial charge in [-0.1, -0.05) is 46.4 Å². The lowest BCUT2D eigenvalue weighted by Gasteiger charge is -2.35. The lowest BCUT2D eigenvalue weighted by atomic mass is 9.85. The second kappa shape index (κ2) is 7.39. The first-order valence-corrected chi connectivity index (χ1v) is 8.12. The Morgan fingerprint density at radius 3 is 2.56 bits per heavy atom. The van der Waals surface area contributed by atoms with Crippen molar-refractivity contribution in [2.24, 2.45) is 10.4 Å². The second-order valence-corrected chi connectivity index (χ2v) is 7.00. The Kier molecular flexibility index (Phi) is 6.50. The van der Waals surface area contributed by atoms with E-state index in [1.165, 1.54) is 12.2 Å². The summed E-state index contributed by atoms with van der Waals surface area (Å²) in [7, 11) is 0. The van der Waals surface area contributed by atoms with E-state index in [1.54, 1.807) is 0 Å². The Morgan fingerprint density at radius 2 is 2.00 bits per heavy atom. The fourth-order valence-corrected chi connectivity index (χ4v) is 3.07. The number of rotatable bonds is 5. The Balaban J connectivity index is 2.41. The van der Waals surface area contributed by atoms with Gasteiger partial charge in [0.05, 0.1) is 6.54 Å². The summed E-state index contributed by atoms with van der Waals surface area (Å²) in [5.74, 6) is 1.19. The lowest BCUT2D eigenvalue weighted by molar-refractivity contribution is 0.289. The van der Waals surface area contributed by atoms with E-state index in [0.29, 0.717) is 11.5 Å². The third-order valence-corrected chi connectivity index (χ3v) is 4.51. The topological polar surface area (TPSA) is 27.6 Å². The van der Waals surface area contributed by atoms with E-state index in [0.717, 1.165) is 31.3 Å². The molecule has 1 fully saturated rings. The van der Waals surface area contributed by atoms with E-state index < -0.39 is 0 Å². The van der Waals surface area contributed by atoms with Gasteiger partial charge in [0.1, 0.15) is 0 Å². The highest BCUT2D eigenvalue weighted by Crippen LogP contribution is 2.27. The zero-order chi connectivity index (χ0) is 13.6. The minimum absolute atomic E-state index is 0.320. The van der Waals surface area contributed by atoms with Crippen LogP contribution >= 0.6 is 11.8 Å². The fourth-order valence-electron chi connectivity index (χ4n) is 2.11. The van der Waals surface area contributed by atoms with Crippen LogP contribution in [0.4, 0.5) is 0 Å². The van der Waals surface area contributed by atoms with Crippen molar-refractivity contribution in [2.45, 2.75) is 47.1 Å². The van der Waals surface area contributed by atoms with E-state index in [-0.39, 0.29) is 0 Å². The Morgan fingerprint density at radius 1 is 1.33 bits per heavy atom. The summed E-state index contributed by atoms with van der Waals surface area (Å²) < 4.78 is 0. The number of nitrogens with one attached hydrogen (secondary N) is 1. The fraction of sp³-hybridized carbons (Fsp3) is 0.929. The van der Waals surface area contributed by atoms with Gasteiger partial charge in [0.15, 0.2) is 5.17 Å². The smallest absolute Gasteiger partial charge is 0.156 e. The third kappa shape index (κ3) is 5.19. The van der Waals surface area contributed by atoms with Crippen LogP contribution in [0.15, 0.2) is 4.99 Å².